The predicted molar refractivity (Wildman–Crippen MR) is 77.5 cm³/mol. The number of aryl methyl sites for hydroxylation is 1. The van der Waals surface area contributed by atoms with Crippen LogP contribution in [-0.2, 0) is 11.2 Å². The van der Waals surface area contributed by atoms with Gasteiger partial charge in [0, 0.05) is 11.9 Å². The number of hydrogen-bond acceptors (Lipinski definition) is 3. The van der Waals surface area contributed by atoms with Crippen molar-refractivity contribution in [1.29, 1.82) is 0 Å². The third kappa shape index (κ3) is 2.66. The smallest absolute Gasteiger partial charge is 0.230 e. The van der Waals surface area contributed by atoms with Gasteiger partial charge in [-0.05, 0) is 30.7 Å². The minimum absolute atomic E-state index is 0.0435. The number of nitrogens with one attached hydrogen (secondary N) is 2. The van der Waals surface area contributed by atoms with E-state index in [1.54, 1.807) is 0 Å². The number of rotatable bonds is 3. The number of hydrogen-bond donors (Lipinski definition) is 2. The number of para-hydroxylation sites is 1. The van der Waals surface area contributed by atoms with Crippen molar-refractivity contribution in [2.75, 3.05) is 5.32 Å². The zero-order valence-electron chi connectivity index (χ0n) is 10.4. The summed E-state index contributed by atoms with van der Waals surface area (Å²) in [7, 11) is 0. The molecule has 19 heavy (non-hydrogen) atoms. The first-order valence-electron chi connectivity index (χ1n) is 6.00. The van der Waals surface area contributed by atoms with Gasteiger partial charge in [0.2, 0.25) is 5.91 Å². The monoisotopic (exact) mass is 271 g/mol. The zero-order chi connectivity index (χ0) is 13.2. The molecule has 2 N–H and O–H groups in total. The molecule has 0 aliphatic carbocycles. The van der Waals surface area contributed by atoms with Gasteiger partial charge in [-0.2, -0.15) is 0 Å². The summed E-state index contributed by atoms with van der Waals surface area (Å²) in [4.78, 5) is 19.4. The Morgan fingerprint density at radius 2 is 2.26 bits per heavy atom. The molecule has 0 saturated heterocycles. The number of anilines is 1. The second kappa shape index (κ2) is 4.85. The van der Waals surface area contributed by atoms with E-state index in [2.05, 4.69) is 15.3 Å². The van der Waals surface area contributed by atoms with E-state index in [4.69, 9.17) is 0 Å². The van der Waals surface area contributed by atoms with Crippen LogP contribution in [0.4, 0.5) is 5.13 Å². The first kappa shape index (κ1) is 11.9. The van der Waals surface area contributed by atoms with Gasteiger partial charge >= 0.3 is 0 Å². The van der Waals surface area contributed by atoms with Crippen LogP contribution in [0.5, 0.6) is 0 Å². The van der Waals surface area contributed by atoms with Crippen LogP contribution in [0.1, 0.15) is 11.3 Å². The largest absolute Gasteiger partial charge is 0.365 e. The summed E-state index contributed by atoms with van der Waals surface area (Å²) in [6, 6.07) is 9.82. The summed E-state index contributed by atoms with van der Waals surface area (Å²) < 4.78 is 1.08. The number of nitrogens with zero attached hydrogens (tertiary/aromatic N) is 1. The summed E-state index contributed by atoms with van der Waals surface area (Å²) in [5.41, 5.74) is 2.96. The number of thiazole rings is 1. The molecule has 0 spiro atoms. The molecule has 1 amide bonds. The van der Waals surface area contributed by atoms with Crippen molar-refractivity contribution in [2.24, 2.45) is 0 Å². The lowest BCUT2D eigenvalue weighted by atomic mass is 10.2. The molecule has 0 bridgehead atoms. The number of aromatic nitrogens is 2. The molecule has 0 saturated carbocycles. The molecule has 0 fully saturated rings. The molecule has 0 unspecified atom stereocenters. The highest BCUT2D eigenvalue weighted by atomic mass is 32.1. The number of aromatic amines is 1. The minimum atomic E-state index is -0.0435. The minimum Gasteiger partial charge on any atom is -0.365 e. The van der Waals surface area contributed by atoms with Crippen molar-refractivity contribution in [3.63, 3.8) is 0 Å². The molecule has 2 aromatic heterocycles. The Bertz CT molecular complexity index is 696. The maximum atomic E-state index is 11.9. The lowest BCUT2D eigenvalue weighted by Crippen LogP contribution is -2.13. The highest BCUT2D eigenvalue weighted by Gasteiger charge is 2.08. The maximum Gasteiger partial charge on any atom is 0.230 e. The van der Waals surface area contributed by atoms with E-state index in [1.165, 1.54) is 11.3 Å². The van der Waals surface area contributed by atoms with Gasteiger partial charge in [0.25, 0.3) is 0 Å². The second-order valence-corrected chi connectivity index (χ2v) is 5.43. The van der Waals surface area contributed by atoms with Gasteiger partial charge in [-0.15, -0.1) is 0 Å². The molecule has 1 aromatic carbocycles. The molecule has 96 valence electrons. The van der Waals surface area contributed by atoms with Crippen LogP contribution < -0.4 is 5.32 Å². The van der Waals surface area contributed by atoms with Gasteiger partial charge in [-0.3, -0.25) is 4.79 Å². The van der Waals surface area contributed by atoms with Crippen molar-refractivity contribution >= 4 is 32.6 Å². The molecule has 0 aliphatic rings. The Morgan fingerprint density at radius 1 is 1.42 bits per heavy atom. The molecule has 5 heteroatoms. The molecule has 3 rings (SSSR count). The lowest BCUT2D eigenvalue weighted by molar-refractivity contribution is -0.115. The molecule has 3 aromatic rings. The summed E-state index contributed by atoms with van der Waals surface area (Å²) >= 11 is 1.49. The van der Waals surface area contributed by atoms with Gasteiger partial charge in [0.05, 0.1) is 16.6 Å². The van der Waals surface area contributed by atoms with Crippen molar-refractivity contribution in [2.45, 2.75) is 13.3 Å². The lowest BCUT2D eigenvalue weighted by Gasteiger charge is -1.98. The van der Waals surface area contributed by atoms with Crippen LogP contribution in [0.25, 0.3) is 10.2 Å². The van der Waals surface area contributed by atoms with Gasteiger partial charge in [-0.1, -0.05) is 23.5 Å². The second-order valence-electron chi connectivity index (χ2n) is 4.40. The van der Waals surface area contributed by atoms with Crippen LogP contribution >= 0.6 is 11.3 Å². The first-order valence-corrected chi connectivity index (χ1v) is 6.82. The Kier molecular flexibility index (Phi) is 3.05. The number of fused-ring (bicyclic) bond motifs is 1. The van der Waals surface area contributed by atoms with Crippen LogP contribution in [0.2, 0.25) is 0 Å². The SMILES string of the molecule is Cc1cc(CC(=O)Nc2nc3ccccc3s2)c[nH]1. The van der Waals surface area contributed by atoms with E-state index in [9.17, 15) is 4.79 Å². The van der Waals surface area contributed by atoms with E-state index >= 15 is 0 Å². The van der Waals surface area contributed by atoms with Gasteiger partial charge < -0.3 is 10.3 Å². The Balaban J connectivity index is 1.72. The Hall–Kier alpha value is -2.14. The van der Waals surface area contributed by atoms with Gasteiger partial charge in [0.1, 0.15) is 0 Å². The number of amides is 1. The van der Waals surface area contributed by atoms with Crippen LogP contribution in [-0.4, -0.2) is 15.9 Å². The molecule has 2 heterocycles. The van der Waals surface area contributed by atoms with Crippen LogP contribution in [0.3, 0.4) is 0 Å². The molecule has 0 radical (unpaired) electrons. The number of benzene rings is 1. The van der Waals surface area contributed by atoms with Crippen LogP contribution in [0, 0.1) is 6.92 Å². The maximum absolute atomic E-state index is 11.9. The standard InChI is InChI=1S/C14H13N3OS/c1-9-6-10(8-15-9)7-13(18)17-14-16-11-4-2-3-5-12(11)19-14/h2-6,8,15H,7H2,1H3,(H,16,17,18). The molecule has 4 nitrogen and oxygen atoms in total. The van der Waals surface area contributed by atoms with E-state index in [0.717, 1.165) is 21.5 Å². The molecule has 0 aliphatic heterocycles. The quantitative estimate of drug-likeness (QED) is 0.769. The highest BCUT2D eigenvalue weighted by molar-refractivity contribution is 7.22. The highest BCUT2D eigenvalue weighted by Crippen LogP contribution is 2.25. The fourth-order valence-corrected chi connectivity index (χ4v) is 2.83. The third-order valence-electron chi connectivity index (χ3n) is 2.79. The molecule has 0 atom stereocenters. The van der Waals surface area contributed by atoms with E-state index < -0.39 is 0 Å². The summed E-state index contributed by atoms with van der Waals surface area (Å²) in [5, 5.41) is 3.50. The topological polar surface area (TPSA) is 57.8 Å². The predicted octanol–water partition coefficient (Wildman–Crippen LogP) is 3.11. The summed E-state index contributed by atoms with van der Waals surface area (Å²) in [5.74, 6) is -0.0435. The average Bonchev–Trinajstić information content (AvgIpc) is 2.94. The third-order valence-corrected chi connectivity index (χ3v) is 3.74. The van der Waals surface area contributed by atoms with Crippen molar-refractivity contribution < 1.29 is 4.79 Å². The van der Waals surface area contributed by atoms with Gasteiger partial charge in [-0.25, -0.2) is 4.98 Å². The molecular formula is C14H13N3OS. The average molecular weight is 271 g/mol. The number of H-pyrrole nitrogens is 1. The van der Waals surface area contributed by atoms with Gasteiger partial charge in [0.15, 0.2) is 5.13 Å². The normalized spacial score (nSPS) is 10.8. The van der Waals surface area contributed by atoms with Crippen molar-refractivity contribution in [3.8, 4) is 0 Å². The fraction of sp³-hybridized carbons (Fsp3) is 0.143. The van der Waals surface area contributed by atoms with Crippen molar-refractivity contribution in [1.82, 2.24) is 9.97 Å². The van der Waals surface area contributed by atoms with E-state index in [1.807, 2.05) is 43.5 Å². The molecular weight excluding hydrogens is 258 g/mol. The van der Waals surface area contributed by atoms with Crippen molar-refractivity contribution in [3.05, 3.63) is 47.8 Å². The van der Waals surface area contributed by atoms with E-state index in [0.29, 0.717) is 11.6 Å². The summed E-state index contributed by atoms with van der Waals surface area (Å²) in [6.07, 6.45) is 2.22. The first-order chi connectivity index (χ1) is 9.20. The fourth-order valence-electron chi connectivity index (χ4n) is 1.94. The van der Waals surface area contributed by atoms with E-state index in [-0.39, 0.29) is 5.91 Å². The number of carbonyl (C=O) groups is 1. The number of carbonyl (C=O) groups excluding carboxylic acids is 1. The summed E-state index contributed by atoms with van der Waals surface area (Å²) in [6.45, 7) is 1.97. The zero-order valence-corrected chi connectivity index (χ0v) is 11.3. The Morgan fingerprint density at radius 3 is 3.00 bits per heavy atom. The van der Waals surface area contributed by atoms with Crippen LogP contribution in [0.15, 0.2) is 36.5 Å². The Labute approximate surface area is 114 Å².